The molecule has 1 fully saturated rings. The zero-order valence-electron chi connectivity index (χ0n) is 18.6. The van der Waals surface area contributed by atoms with Gasteiger partial charge >= 0.3 is 0 Å². The molecule has 1 heterocycles. The zero-order valence-corrected chi connectivity index (χ0v) is 18.6. The second kappa shape index (κ2) is 9.77. The highest BCUT2D eigenvalue weighted by Crippen LogP contribution is 2.40. The molecule has 1 aromatic carbocycles. The van der Waals surface area contributed by atoms with Crippen LogP contribution in [0.25, 0.3) is 0 Å². The number of halogens is 2. The molecule has 4 atom stereocenters. The molecule has 1 aliphatic heterocycles. The van der Waals surface area contributed by atoms with E-state index in [1.54, 1.807) is 24.6 Å². The van der Waals surface area contributed by atoms with Crippen molar-refractivity contribution in [2.45, 2.75) is 90.1 Å². The minimum atomic E-state index is -0.714. The van der Waals surface area contributed by atoms with Crippen LogP contribution in [0.1, 0.15) is 88.2 Å². The van der Waals surface area contributed by atoms with Crippen molar-refractivity contribution in [2.24, 2.45) is 11.8 Å². The fraction of sp³-hybridized carbons (Fsp3) is 0.630. The highest BCUT2D eigenvalue weighted by Gasteiger charge is 2.30. The average Bonchev–Trinajstić information content (AvgIpc) is 2.79. The Balaban J connectivity index is 1.31. The van der Waals surface area contributed by atoms with Crippen LogP contribution in [-0.2, 0) is 4.74 Å². The van der Waals surface area contributed by atoms with Crippen LogP contribution in [0.15, 0.2) is 35.4 Å². The quantitative estimate of drug-likeness (QED) is 0.447. The minimum absolute atomic E-state index is 0.0447. The highest BCUT2D eigenvalue weighted by atomic mass is 19.2. The molecule has 3 heteroatoms. The summed E-state index contributed by atoms with van der Waals surface area (Å²) < 4.78 is 34.4. The Morgan fingerprint density at radius 3 is 2.33 bits per heavy atom. The Bertz CT molecular complexity index is 801. The summed E-state index contributed by atoms with van der Waals surface area (Å²) in [5, 5.41) is 0. The third-order valence-corrected chi connectivity index (χ3v) is 7.66. The molecule has 0 amide bonds. The molecule has 0 bridgehead atoms. The summed E-state index contributed by atoms with van der Waals surface area (Å²) in [5.41, 5.74) is 3.96. The van der Waals surface area contributed by atoms with Gasteiger partial charge in [-0.05, 0) is 86.8 Å². The van der Waals surface area contributed by atoms with Gasteiger partial charge in [0, 0.05) is 5.92 Å². The van der Waals surface area contributed by atoms with Gasteiger partial charge in [0.05, 0.1) is 12.7 Å². The van der Waals surface area contributed by atoms with Gasteiger partial charge in [-0.1, -0.05) is 49.6 Å². The smallest absolute Gasteiger partial charge is 0.162 e. The second-order valence-electron chi connectivity index (χ2n) is 9.65. The molecule has 0 radical (unpaired) electrons. The van der Waals surface area contributed by atoms with Crippen molar-refractivity contribution < 1.29 is 13.5 Å². The lowest BCUT2D eigenvalue weighted by atomic mass is 9.76. The molecule has 164 valence electrons. The van der Waals surface area contributed by atoms with Gasteiger partial charge in [0.1, 0.15) is 0 Å². The highest BCUT2D eigenvalue weighted by molar-refractivity contribution is 5.29. The lowest BCUT2D eigenvalue weighted by molar-refractivity contribution is 0.0218. The molecule has 1 aromatic rings. The Morgan fingerprint density at radius 2 is 1.70 bits per heavy atom. The van der Waals surface area contributed by atoms with Crippen molar-refractivity contribution in [3.8, 4) is 0 Å². The second-order valence-corrected chi connectivity index (χ2v) is 9.65. The lowest BCUT2D eigenvalue weighted by Crippen LogP contribution is -2.28. The third kappa shape index (κ3) is 4.72. The molecular weight excluding hydrogens is 378 g/mol. The van der Waals surface area contributed by atoms with E-state index < -0.39 is 11.6 Å². The van der Waals surface area contributed by atoms with Crippen molar-refractivity contribution >= 4 is 0 Å². The maximum atomic E-state index is 14.3. The molecular formula is C27H36F2O. The predicted molar refractivity (Wildman–Crippen MR) is 119 cm³/mol. The van der Waals surface area contributed by atoms with E-state index in [2.05, 4.69) is 19.1 Å². The van der Waals surface area contributed by atoms with Crippen molar-refractivity contribution in [1.29, 1.82) is 0 Å². The van der Waals surface area contributed by atoms with Gasteiger partial charge in [0.2, 0.25) is 0 Å². The monoisotopic (exact) mass is 414 g/mol. The van der Waals surface area contributed by atoms with E-state index in [4.69, 9.17) is 4.74 Å². The first-order chi connectivity index (χ1) is 14.6. The van der Waals surface area contributed by atoms with E-state index in [0.29, 0.717) is 17.7 Å². The first kappa shape index (κ1) is 21.7. The number of hydrogen-bond acceptors (Lipinski definition) is 1. The summed E-state index contributed by atoms with van der Waals surface area (Å²) in [6.07, 6.45) is 17.0. The average molecular weight is 415 g/mol. The number of allylic oxidation sites excluding steroid dienone is 3. The predicted octanol–water partition coefficient (Wildman–Crippen LogP) is 7.79. The fourth-order valence-corrected chi connectivity index (χ4v) is 5.70. The molecule has 1 saturated heterocycles. The van der Waals surface area contributed by atoms with E-state index in [1.165, 1.54) is 44.1 Å². The number of hydrogen-bond donors (Lipinski definition) is 0. The molecule has 0 N–H and O–H groups in total. The Labute approximate surface area is 180 Å². The lowest BCUT2D eigenvalue weighted by Gasteiger charge is -2.34. The SMILES string of the molecule is CCCC1CC=C(C2CC=C(C3CCC(c4ccc(C)c(F)c4F)CO3)CC2)CC1. The molecule has 3 aliphatic rings. The number of rotatable bonds is 5. The van der Waals surface area contributed by atoms with E-state index in [9.17, 15) is 8.78 Å². The van der Waals surface area contributed by atoms with E-state index >= 15 is 0 Å². The summed E-state index contributed by atoms with van der Waals surface area (Å²) in [4.78, 5) is 0. The Hall–Kier alpha value is -1.48. The van der Waals surface area contributed by atoms with Crippen LogP contribution in [0, 0.1) is 30.4 Å². The maximum absolute atomic E-state index is 14.3. The maximum Gasteiger partial charge on any atom is 0.162 e. The molecule has 4 unspecified atom stereocenters. The van der Waals surface area contributed by atoms with Crippen LogP contribution in [0.5, 0.6) is 0 Å². The molecule has 30 heavy (non-hydrogen) atoms. The number of benzene rings is 1. The van der Waals surface area contributed by atoms with Gasteiger partial charge in [-0.25, -0.2) is 8.78 Å². The van der Waals surface area contributed by atoms with Crippen LogP contribution >= 0.6 is 0 Å². The largest absolute Gasteiger partial charge is 0.373 e. The normalized spacial score (nSPS) is 30.0. The van der Waals surface area contributed by atoms with Crippen LogP contribution in [-0.4, -0.2) is 12.7 Å². The molecule has 0 aromatic heterocycles. The molecule has 4 rings (SSSR count). The Kier molecular flexibility index (Phi) is 7.08. The third-order valence-electron chi connectivity index (χ3n) is 7.66. The van der Waals surface area contributed by atoms with Gasteiger partial charge < -0.3 is 4.74 Å². The van der Waals surface area contributed by atoms with Gasteiger partial charge in [0.25, 0.3) is 0 Å². The van der Waals surface area contributed by atoms with Crippen molar-refractivity contribution in [1.82, 2.24) is 0 Å². The van der Waals surface area contributed by atoms with Gasteiger partial charge in [0.15, 0.2) is 11.6 Å². The number of ether oxygens (including phenoxy) is 1. The van der Waals surface area contributed by atoms with E-state index in [-0.39, 0.29) is 12.0 Å². The summed E-state index contributed by atoms with van der Waals surface area (Å²) in [6, 6.07) is 3.41. The summed E-state index contributed by atoms with van der Waals surface area (Å²) in [6.45, 7) is 4.37. The molecule has 1 nitrogen and oxygen atoms in total. The standard InChI is InChI=1S/C27H36F2O/c1-3-4-19-6-8-20(9-7-19)21-10-12-22(13-11-21)25-16-14-23(17-30-25)24-15-5-18(2)26(28)27(24)29/h5,8,12,15,19,21,23,25H,3-4,6-7,9-11,13-14,16-17H2,1-2H3. The van der Waals surface area contributed by atoms with Crippen molar-refractivity contribution in [3.63, 3.8) is 0 Å². The van der Waals surface area contributed by atoms with Crippen molar-refractivity contribution in [3.05, 3.63) is 58.2 Å². The number of aryl methyl sites for hydroxylation is 1. The minimum Gasteiger partial charge on any atom is -0.373 e. The topological polar surface area (TPSA) is 9.23 Å². The summed E-state index contributed by atoms with van der Waals surface area (Å²) >= 11 is 0. The van der Waals surface area contributed by atoms with Gasteiger partial charge in [-0.3, -0.25) is 0 Å². The summed E-state index contributed by atoms with van der Waals surface area (Å²) in [7, 11) is 0. The van der Waals surface area contributed by atoms with Crippen molar-refractivity contribution in [2.75, 3.05) is 6.61 Å². The summed E-state index contributed by atoms with van der Waals surface area (Å²) in [5.74, 6) is 0.176. The molecule has 0 saturated carbocycles. The molecule has 0 spiro atoms. The van der Waals surface area contributed by atoms with Crippen LogP contribution < -0.4 is 0 Å². The van der Waals surface area contributed by atoms with Crippen LogP contribution in [0.2, 0.25) is 0 Å². The van der Waals surface area contributed by atoms with Gasteiger partial charge in [-0.15, -0.1) is 0 Å². The van der Waals surface area contributed by atoms with E-state index in [1.807, 2.05) is 0 Å². The first-order valence-electron chi connectivity index (χ1n) is 12.0. The van der Waals surface area contributed by atoms with Gasteiger partial charge in [-0.2, -0.15) is 0 Å². The fourth-order valence-electron chi connectivity index (χ4n) is 5.70. The Morgan fingerprint density at radius 1 is 0.900 bits per heavy atom. The molecule has 2 aliphatic carbocycles. The van der Waals surface area contributed by atoms with Crippen LogP contribution in [0.4, 0.5) is 8.78 Å². The first-order valence-corrected chi connectivity index (χ1v) is 12.0. The van der Waals surface area contributed by atoms with Crippen LogP contribution in [0.3, 0.4) is 0 Å². The zero-order chi connectivity index (χ0) is 21.1. The van der Waals surface area contributed by atoms with E-state index in [0.717, 1.165) is 37.5 Å².